The molecule has 1 fully saturated rings. The Kier molecular flexibility index (Phi) is 1.94. The summed E-state index contributed by atoms with van der Waals surface area (Å²) in [6, 6.07) is 8.41. The van der Waals surface area contributed by atoms with Crippen molar-refractivity contribution in [2.24, 2.45) is 0 Å². The van der Waals surface area contributed by atoms with Crippen molar-refractivity contribution < 1.29 is 0 Å². The predicted molar refractivity (Wildman–Crippen MR) is 51.1 cm³/mol. The summed E-state index contributed by atoms with van der Waals surface area (Å²) < 4.78 is 1.13. The third kappa shape index (κ3) is 1.60. The lowest BCUT2D eigenvalue weighted by Gasteiger charge is -1.96. The van der Waals surface area contributed by atoms with E-state index < -0.39 is 0 Å². The molecule has 1 aliphatic carbocycles. The first-order valence-electron chi connectivity index (χ1n) is 3.67. The van der Waals surface area contributed by atoms with Gasteiger partial charge < -0.3 is 0 Å². The number of benzene rings is 1. The first-order chi connectivity index (χ1) is 5.27. The van der Waals surface area contributed by atoms with E-state index in [0.29, 0.717) is 11.3 Å². The van der Waals surface area contributed by atoms with E-state index in [2.05, 4.69) is 40.2 Å². The van der Waals surface area contributed by atoms with Gasteiger partial charge in [-0.25, -0.2) is 0 Å². The molecule has 0 spiro atoms. The highest BCUT2D eigenvalue weighted by atomic mass is 79.9. The van der Waals surface area contributed by atoms with Gasteiger partial charge in [-0.2, -0.15) is 0 Å². The minimum Gasteiger partial charge on any atom is -0.122 e. The minimum absolute atomic E-state index is 0.385. The highest BCUT2D eigenvalue weighted by Gasteiger charge is 2.36. The van der Waals surface area contributed by atoms with Gasteiger partial charge in [0.2, 0.25) is 0 Å². The molecule has 0 heterocycles. The third-order valence-corrected chi connectivity index (χ3v) is 3.02. The van der Waals surface area contributed by atoms with Crippen LogP contribution in [0, 0.1) is 0 Å². The van der Waals surface area contributed by atoms with Crippen LogP contribution in [0.3, 0.4) is 0 Å². The lowest BCUT2D eigenvalue weighted by Crippen LogP contribution is -1.79. The second-order valence-corrected chi connectivity index (χ2v) is 4.39. The molecule has 1 aliphatic rings. The van der Waals surface area contributed by atoms with Gasteiger partial charge in [0, 0.05) is 15.8 Å². The van der Waals surface area contributed by atoms with Crippen molar-refractivity contribution in [2.75, 3.05) is 0 Å². The highest BCUT2D eigenvalue weighted by Crippen LogP contribution is 2.45. The van der Waals surface area contributed by atoms with Crippen LogP contribution in [-0.4, -0.2) is 5.38 Å². The number of hydrogen-bond acceptors (Lipinski definition) is 0. The number of alkyl halides is 1. The third-order valence-electron chi connectivity index (χ3n) is 2.01. The molecule has 1 aromatic carbocycles. The van der Waals surface area contributed by atoms with E-state index >= 15 is 0 Å². The van der Waals surface area contributed by atoms with Crippen LogP contribution in [0.5, 0.6) is 0 Å². The molecule has 0 radical (unpaired) electrons. The zero-order valence-corrected chi connectivity index (χ0v) is 8.27. The Morgan fingerprint density at radius 1 is 1.27 bits per heavy atom. The molecule has 11 heavy (non-hydrogen) atoms. The smallest absolute Gasteiger partial charge is 0.0411 e. The molecule has 2 unspecified atom stereocenters. The molecule has 0 nitrogen and oxygen atoms in total. The van der Waals surface area contributed by atoms with E-state index in [1.54, 1.807) is 0 Å². The summed E-state index contributed by atoms with van der Waals surface area (Å²) in [4.78, 5) is 0. The van der Waals surface area contributed by atoms with E-state index in [4.69, 9.17) is 11.6 Å². The molecule has 58 valence electrons. The molecular formula is C9H8BrCl. The summed E-state index contributed by atoms with van der Waals surface area (Å²) in [6.07, 6.45) is 1.14. The molecule has 0 bridgehead atoms. The van der Waals surface area contributed by atoms with Crippen LogP contribution >= 0.6 is 27.5 Å². The molecule has 0 amide bonds. The number of rotatable bonds is 1. The number of hydrogen-bond donors (Lipinski definition) is 0. The highest BCUT2D eigenvalue weighted by molar-refractivity contribution is 9.10. The molecule has 2 heteroatoms. The van der Waals surface area contributed by atoms with Gasteiger partial charge in [-0.1, -0.05) is 28.1 Å². The Labute approximate surface area is 79.7 Å². The van der Waals surface area contributed by atoms with E-state index in [1.807, 2.05) is 0 Å². The van der Waals surface area contributed by atoms with E-state index in [9.17, 15) is 0 Å². The van der Waals surface area contributed by atoms with Crippen molar-refractivity contribution in [3.63, 3.8) is 0 Å². The topological polar surface area (TPSA) is 0 Å². The molecule has 0 aliphatic heterocycles. The summed E-state index contributed by atoms with van der Waals surface area (Å²) in [5, 5.41) is 0.385. The van der Waals surface area contributed by atoms with Crippen molar-refractivity contribution in [3.8, 4) is 0 Å². The van der Waals surface area contributed by atoms with Gasteiger partial charge in [0.15, 0.2) is 0 Å². The lowest BCUT2D eigenvalue weighted by molar-refractivity contribution is 1.13. The van der Waals surface area contributed by atoms with Gasteiger partial charge in [-0.05, 0) is 24.1 Å². The zero-order valence-electron chi connectivity index (χ0n) is 5.93. The first-order valence-corrected chi connectivity index (χ1v) is 4.90. The second kappa shape index (κ2) is 2.80. The first kappa shape index (κ1) is 7.63. The summed E-state index contributed by atoms with van der Waals surface area (Å²) in [5.41, 5.74) is 1.37. The van der Waals surface area contributed by atoms with Crippen LogP contribution in [0.15, 0.2) is 28.7 Å². The van der Waals surface area contributed by atoms with Crippen LogP contribution in [0.25, 0.3) is 0 Å². The van der Waals surface area contributed by atoms with E-state index in [1.165, 1.54) is 5.56 Å². The van der Waals surface area contributed by atoms with Crippen molar-refractivity contribution in [1.82, 2.24) is 0 Å². The number of halogens is 2. The molecule has 1 saturated carbocycles. The molecule has 2 rings (SSSR count). The van der Waals surface area contributed by atoms with Crippen LogP contribution in [0.1, 0.15) is 17.9 Å². The molecular weight excluding hydrogens is 223 g/mol. The normalized spacial score (nSPS) is 28.5. The van der Waals surface area contributed by atoms with Crippen molar-refractivity contribution in [2.45, 2.75) is 17.7 Å². The Morgan fingerprint density at radius 2 is 1.82 bits per heavy atom. The molecule has 1 aromatic rings. The van der Waals surface area contributed by atoms with Crippen LogP contribution in [-0.2, 0) is 0 Å². The van der Waals surface area contributed by atoms with Gasteiger partial charge in [-0.3, -0.25) is 0 Å². The second-order valence-electron chi connectivity index (χ2n) is 2.91. The van der Waals surface area contributed by atoms with Crippen molar-refractivity contribution in [3.05, 3.63) is 34.3 Å². The Balaban J connectivity index is 2.21. The standard InChI is InChI=1S/C9H8BrCl/c10-7-3-1-6(2-4-7)8-5-9(8)11/h1-4,8-9H,5H2. The van der Waals surface area contributed by atoms with Gasteiger partial charge in [-0.15, -0.1) is 11.6 Å². The maximum absolute atomic E-state index is 5.91. The lowest BCUT2D eigenvalue weighted by atomic mass is 10.1. The van der Waals surface area contributed by atoms with Gasteiger partial charge in [0.25, 0.3) is 0 Å². The van der Waals surface area contributed by atoms with Crippen LogP contribution < -0.4 is 0 Å². The molecule has 0 aromatic heterocycles. The molecule has 2 atom stereocenters. The average molecular weight is 232 g/mol. The predicted octanol–water partition coefficient (Wildman–Crippen LogP) is 3.54. The quantitative estimate of drug-likeness (QED) is 0.649. The van der Waals surface area contributed by atoms with Gasteiger partial charge in [0.1, 0.15) is 0 Å². The fraction of sp³-hybridized carbons (Fsp3) is 0.333. The molecule has 0 N–H and O–H groups in total. The Morgan fingerprint density at radius 3 is 2.27 bits per heavy atom. The Bertz CT molecular complexity index is 255. The maximum atomic E-state index is 5.91. The molecule has 0 saturated heterocycles. The summed E-state index contributed by atoms with van der Waals surface area (Å²) in [5.74, 6) is 0.616. The average Bonchev–Trinajstić information content (AvgIpc) is 2.69. The maximum Gasteiger partial charge on any atom is 0.0411 e. The van der Waals surface area contributed by atoms with E-state index in [0.717, 1.165) is 10.9 Å². The fourth-order valence-corrected chi connectivity index (χ4v) is 1.82. The van der Waals surface area contributed by atoms with Gasteiger partial charge >= 0.3 is 0 Å². The van der Waals surface area contributed by atoms with Crippen molar-refractivity contribution >= 4 is 27.5 Å². The zero-order chi connectivity index (χ0) is 7.84. The SMILES string of the molecule is ClC1CC1c1ccc(Br)cc1. The monoisotopic (exact) mass is 230 g/mol. The summed E-state index contributed by atoms with van der Waals surface area (Å²) >= 11 is 9.31. The summed E-state index contributed by atoms with van der Waals surface area (Å²) in [7, 11) is 0. The summed E-state index contributed by atoms with van der Waals surface area (Å²) in [6.45, 7) is 0. The fourth-order valence-electron chi connectivity index (χ4n) is 1.22. The van der Waals surface area contributed by atoms with Crippen molar-refractivity contribution in [1.29, 1.82) is 0 Å². The van der Waals surface area contributed by atoms with Crippen LogP contribution in [0.4, 0.5) is 0 Å². The van der Waals surface area contributed by atoms with Crippen LogP contribution in [0.2, 0.25) is 0 Å². The largest absolute Gasteiger partial charge is 0.122 e. The van der Waals surface area contributed by atoms with E-state index in [-0.39, 0.29) is 0 Å². The van der Waals surface area contributed by atoms with Gasteiger partial charge in [0.05, 0.1) is 0 Å². The minimum atomic E-state index is 0.385. The Hall–Kier alpha value is -0.0100.